The fourth-order valence-corrected chi connectivity index (χ4v) is 1.41. The molecule has 1 fully saturated rings. The summed E-state index contributed by atoms with van der Waals surface area (Å²) in [6.45, 7) is 5.92. The minimum absolute atomic E-state index is 0.114. The molecule has 0 radical (unpaired) electrons. The first-order chi connectivity index (χ1) is 5.41. The third-order valence-electron chi connectivity index (χ3n) is 2.13. The molecule has 1 aliphatic rings. The van der Waals surface area contributed by atoms with E-state index in [0.29, 0.717) is 13.0 Å². The molecule has 0 saturated carbocycles. The van der Waals surface area contributed by atoms with Crippen molar-refractivity contribution in [2.45, 2.75) is 39.4 Å². The second kappa shape index (κ2) is 3.13. The minimum atomic E-state index is -0.846. The standard InChI is InChI=1S/C9H16FNO/c1-9(2,3)8(12)7-4-6(10)5-11-7/h6-7,11H,4-5H2,1-3H3/t6-,7-/m1/s1. The number of alkyl halides is 1. The van der Waals surface area contributed by atoms with Gasteiger partial charge in [0.1, 0.15) is 6.17 Å². The molecule has 0 aromatic heterocycles. The van der Waals surface area contributed by atoms with Gasteiger partial charge in [0.15, 0.2) is 5.78 Å². The topological polar surface area (TPSA) is 29.1 Å². The van der Waals surface area contributed by atoms with Gasteiger partial charge >= 0.3 is 0 Å². The summed E-state index contributed by atoms with van der Waals surface area (Å²) in [7, 11) is 0. The zero-order valence-corrected chi connectivity index (χ0v) is 7.86. The van der Waals surface area contributed by atoms with Crippen molar-refractivity contribution in [1.82, 2.24) is 5.32 Å². The Labute approximate surface area is 72.5 Å². The maximum Gasteiger partial charge on any atom is 0.155 e. The molecular weight excluding hydrogens is 157 g/mol. The Morgan fingerprint density at radius 3 is 2.42 bits per heavy atom. The van der Waals surface area contributed by atoms with Gasteiger partial charge in [0.05, 0.1) is 6.04 Å². The number of hydrogen-bond donors (Lipinski definition) is 1. The summed E-state index contributed by atoms with van der Waals surface area (Å²) in [5, 5.41) is 2.89. The number of rotatable bonds is 1. The Bertz CT molecular complexity index is 185. The number of ketones is 1. The molecule has 2 nitrogen and oxygen atoms in total. The molecule has 70 valence electrons. The summed E-state index contributed by atoms with van der Waals surface area (Å²) < 4.78 is 12.7. The number of carbonyl (C=O) groups excluding carboxylic acids is 1. The van der Waals surface area contributed by atoms with Crippen LogP contribution in [0.2, 0.25) is 0 Å². The SMILES string of the molecule is CC(C)(C)C(=O)[C@H]1C[C@@H](F)CN1. The summed E-state index contributed by atoms with van der Waals surface area (Å²) >= 11 is 0. The van der Waals surface area contributed by atoms with Crippen molar-refractivity contribution >= 4 is 5.78 Å². The largest absolute Gasteiger partial charge is 0.304 e. The van der Waals surface area contributed by atoms with Crippen molar-refractivity contribution in [3.8, 4) is 0 Å². The van der Waals surface area contributed by atoms with E-state index < -0.39 is 6.17 Å². The molecule has 0 bridgehead atoms. The molecule has 12 heavy (non-hydrogen) atoms. The third-order valence-corrected chi connectivity index (χ3v) is 2.13. The van der Waals surface area contributed by atoms with Gasteiger partial charge in [-0.15, -0.1) is 0 Å². The van der Waals surface area contributed by atoms with E-state index in [9.17, 15) is 9.18 Å². The van der Waals surface area contributed by atoms with Gasteiger partial charge in [-0.3, -0.25) is 4.79 Å². The van der Waals surface area contributed by atoms with Crippen molar-refractivity contribution in [3.63, 3.8) is 0 Å². The highest BCUT2D eigenvalue weighted by Gasteiger charge is 2.34. The lowest BCUT2D eigenvalue weighted by atomic mass is 9.86. The Morgan fingerprint density at radius 2 is 2.08 bits per heavy atom. The Hall–Kier alpha value is -0.440. The molecule has 2 atom stereocenters. The lowest BCUT2D eigenvalue weighted by Crippen LogP contribution is -2.38. The van der Waals surface area contributed by atoms with Crippen molar-refractivity contribution < 1.29 is 9.18 Å². The molecule has 0 amide bonds. The third kappa shape index (κ3) is 2.03. The smallest absolute Gasteiger partial charge is 0.155 e. The summed E-state index contributed by atoms with van der Waals surface area (Å²) in [5.74, 6) is 0.114. The Balaban J connectivity index is 2.55. The monoisotopic (exact) mass is 173 g/mol. The van der Waals surface area contributed by atoms with E-state index >= 15 is 0 Å². The van der Waals surface area contributed by atoms with Crippen LogP contribution < -0.4 is 5.32 Å². The zero-order valence-electron chi connectivity index (χ0n) is 7.86. The molecular formula is C9H16FNO. The van der Waals surface area contributed by atoms with E-state index in [-0.39, 0.29) is 17.2 Å². The van der Waals surface area contributed by atoms with Gasteiger partial charge in [-0.2, -0.15) is 0 Å². The number of carbonyl (C=O) groups is 1. The van der Waals surface area contributed by atoms with Crippen LogP contribution in [0.3, 0.4) is 0 Å². The van der Waals surface area contributed by atoms with Gasteiger partial charge < -0.3 is 5.32 Å². The quantitative estimate of drug-likeness (QED) is 0.647. The maximum absolute atomic E-state index is 12.7. The first kappa shape index (κ1) is 9.65. The molecule has 0 aliphatic carbocycles. The van der Waals surface area contributed by atoms with Crippen LogP contribution in [0.25, 0.3) is 0 Å². The number of halogens is 1. The molecule has 0 aromatic carbocycles. The van der Waals surface area contributed by atoms with Gasteiger partial charge in [-0.25, -0.2) is 4.39 Å². The van der Waals surface area contributed by atoms with Crippen molar-refractivity contribution in [3.05, 3.63) is 0 Å². The molecule has 1 aliphatic heterocycles. The fraction of sp³-hybridized carbons (Fsp3) is 0.889. The van der Waals surface area contributed by atoms with Gasteiger partial charge in [-0.05, 0) is 0 Å². The van der Waals surface area contributed by atoms with Crippen LogP contribution in [0.5, 0.6) is 0 Å². The van der Waals surface area contributed by atoms with Crippen LogP contribution in [0.4, 0.5) is 4.39 Å². The number of nitrogens with one attached hydrogen (secondary N) is 1. The van der Waals surface area contributed by atoms with Crippen LogP contribution in [-0.4, -0.2) is 24.5 Å². The lowest BCUT2D eigenvalue weighted by molar-refractivity contribution is -0.128. The molecule has 0 unspecified atom stereocenters. The zero-order chi connectivity index (χ0) is 9.35. The molecule has 1 N–H and O–H groups in total. The Morgan fingerprint density at radius 1 is 1.50 bits per heavy atom. The summed E-state index contributed by atoms with van der Waals surface area (Å²) in [6.07, 6.45) is -0.503. The second-order valence-electron chi connectivity index (χ2n) is 4.41. The normalized spacial score (nSPS) is 30.7. The van der Waals surface area contributed by atoms with E-state index in [1.807, 2.05) is 20.8 Å². The van der Waals surface area contributed by atoms with E-state index in [1.54, 1.807) is 0 Å². The fourth-order valence-electron chi connectivity index (χ4n) is 1.41. The molecule has 1 rings (SSSR count). The summed E-state index contributed by atoms with van der Waals surface area (Å²) in [4.78, 5) is 11.6. The highest BCUT2D eigenvalue weighted by atomic mass is 19.1. The predicted molar refractivity (Wildman–Crippen MR) is 45.8 cm³/mol. The van der Waals surface area contributed by atoms with Crippen molar-refractivity contribution in [1.29, 1.82) is 0 Å². The summed E-state index contributed by atoms with van der Waals surface area (Å²) in [5.41, 5.74) is -0.359. The van der Waals surface area contributed by atoms with Crippen LogP contribution >= 0.6 is 0 Å². The van der Waals surface area contributed by atoms with Crippen molar-refractivity contribution in [2.75, 3.05) is 6.54 Å². The van der Waals surface area contributed by atoms with Crippen LogP contribution in [0.15, 0.2) is 0 Å². The first-order valence-electron chi connectivity index (χ1n) is 4.33. The molecule has 3 heteroatoms. The van der Waals surface area contributed by atoms with Gasteiger partial charge in [0, 0.05) is 18.4 Å². The van der Waals surface area contributed by atoms with Crippen molar-refractivity contribution in [2.24, 2.45) is 5.41 Å². The van der Waals surface area contributed by atoms with Crippen LogP contribution in [0.1, 0.15) is 27.2 Å². The van der Waals surface area contributed by atoms with Gasteiger partial charge in [-0.1, -0.05) is 20.8 Å². The first-order valence-corrected chi connectivity index (χ1v) is 4.33. The van der Waals surface area contributed by atoms with E-state index in [1.165, 1.54) is 0 Å². The minimum Gasteiger partial charge on any atom is -0.304 e. The van der Waals surface area contributed by atoms with Gasteiger partial charge in [0.25, 0.3) is 0 Å². The van der Waals surface area contributed by atoms with Gasteiger partial charge in [0.2, 0.25) is 0 Å². The average Bonchev–Trinajstić information content (AvgIpc) is 2.32. The highest BCUT2D eigenvalue weighted by Crippen LogP contribution is 2.22. The molecule has 0 aromatic rings. The summed E-state index contributed by atoms with van der Waals surface area (Å²) in [6, 6.07) is -0.264. The second-order valence-corrected chi connectivity index (χ2v) is 4.41. The highest BCUT2D eigenvalue weighted by molar-refractivity contribution is 5.89. The number of hydrogen-bond acceptors (Lipinski definition) is 2. The lowest BCUT2D eigenvalue weighted by Gasteiger charge is -2.20. The predicted octanol–water partition coefficient (Wildman–Crippen LogP) is 1.30. The molecule has 1 heterocycles. The van der Waals surface area contributed by atoms with E-state index in [2.05, 4.69) is 5.32 Å². The van der Waals surface area contributed by atoms with E-state index in [4.69, 9.17) is 0 Å². The Kier molecular flexibility index (Phi) is 2.52. The molecule has 0 spiro atoms. The van der Waals surface area contributed by atoms with Crippen LogP contribution in [0, 0.1) is 5.41 Å². The van der Waals surface area contributed by atoms with E-state index in [0.717, 1.165) is 0 Å². The maximum atomic E-state index is 12.7. The molecule has 1 saturated heterocycles. The number of Topliss-reactive ketones (excluding diaryl/α,β-unsaturated/α-hetero) is 1. The average molecular weight is 173 g/mol. The van der Waals surface area contributed by atoms with Crippen LogP contribution in [-0.2, 0) is 4.79 Å².